The van der Waals surface area contributed by atoms with Crippen LogP contribution in [0.15, 0.2) is 11.6 Å². The highest BCUT2D eigenvalue weighted by molar-refractivity contribution is 5.94. The van der Waals surface area contributed by atoms with Crippen LogP contribution in [0, 0.1) is 0 Å². The molecule has 0 aromatic heterocycles. The van der Waals surface area contributed by atoms with Crippen molar-refractivity contribution < 1.29 is 18.7 Å². The second-order valence-corrected chi connectivity index (χ2v) is 2.88. The number of aliphatic hydroxyl groups is 1. The number of rotatable bonds is 2. The molecular weight excluding hydrogens is 182 g/mol. The van der Waals surface area contributed by atoms with Crippen molar-refractivity contribution in [1.29, 1.82) is 0 Å². The molecule has 13 heavy (non-hydrogen) atoms. The maximum Gasteiger partial charge on any atom is 0.265 e. The van der Waals surface area contributed by atoms with E-state index in [2.05, 4.69) is 5.43 Å². The number of carbonyl (C=O) groups is 1. The molecule has 4 nitrogen and oxygen atoms in total. The zero-order valence-electron chi connectivity index (χ0n) is 6.97. The smallest absolute Gasteiger partial charge is 0.265 e. The highest BCUT2D eigenvalue weighted by Gasteiger charge is 2.35. The summed E-state index contributed by atoms with van der Waals surface area (Å²) in [5.74, 6) is -3.56. The van der Waals surface area contributed by atoms with Crippen LogP contribution in [0.2, 0.25) is 0 Å². The Balaban J connectivity index is 2.83. The number of nitrogens with one attached hydrogen (secondary N) is 2. The van der Waals surface area contributed by atoms with E-state index in [9.17, 15) is 13.6 Å². The number of halogens is 2. The van der Waals surface area contributed by atoms with Gasteiger partial charge in [0.05, 0.1) is 6.61 Å². The van der Waals surface area contributed by atoms with Gasteiger partial charge in [0.1, 0.15) is 6.04 Å². The molecule has 74 valence electrons. The molecule has 0 fully saturated rings. The topological polar surface area (TPSA) is 61.4 Å². The van der Waals surface area contributed by atoms with Crippen LogP contribution in [0.1, 0.15) is 6.92 Å². The van der Waals surface area contributed by atoms with Crippen LogP contribution in [0.3, 0.4) is 0 Å². The molecule has 3 N–H and O–H groups in total. The number of carbonyl (C=O) groups excluding carboxylic acids is 1. The van der Waals surface area contributed by atoms with Crippen LogP contribution in [0.25, 0.3) is 0 Å². The molecule has 0 saturated heterocycles. The number of hydrogen-bond donors (Lipinski definition) is 3. The van der Waals surface area contributed by atoms with Gasteiger partial charge in [-0.05, 0) is 6.08 Å². The van der Waals surface area contributed by atoms with Crippen molar-refractivity contribution in [1.82, 2.24) is 10.9 Å². The Bertz CT molecular complexity index is 247. The SMILES string of the molecule is CC(F)(F)C1C=C(CO)C(=O)NN1. The van der Waals surface area contributed by atoms with Gasteiger partial charge in [-0.25, -0.2) is 14.2 Å². The third kappa shape index (κ3) is 2.22. The summed E-state index contributed by atoms with van der Waals surface area (Å²) in [7, 11) is 0. The lowest BCUT2D eigenvalue weighted by Crippen LogP contribution is -2.55. The second kappa shape index (κ2) is 3.39. The fraction of sp³-hybridized carbons (Fsp3) is 0.571. The van der Waals surface area contributed by atoms with E-state index in [0.29, 0.717) is 0 Å². The van der Waals surface area contributed by atoms with Crippen molar-refractivity contribution in [2.24, 2.45) is 0 Å². The lowest BCUT2D eigenvalue weighted by molar-refractivity contribution is -0.120. The van der Waals surface area contributed by atoms with Crippen molar-refractivity contribution in [3.05, 3.63) is 11.6 Å². The standard InChI is InChI=1S/C7H10F2N2O2/c1-7(8,9)5-2-4(3-12)6(13)11-10-5/h2,5,10,12H,3H2,1H3,(H,11,13). The van der Waals surface area contributed by atoms with Gasteiger partial charge in [0.15, 0.2) is 0 Å². The number of alkyl halides is 2. The summed E-state index contributed by atoms with van der Waals surface area (Å²) in [6.07, 6.45) is 1.03. The van der Waals surface area contributed by atoms with Gasteiger partial charge in [0.25, 0.3) is 11.8 Å². The molecule has 0 saturated carbocycles. The normalized spacial score (nSPS) is 23.8. The quantitative estimate of drug-likeness (QED) is 0.556. The zero-order chi connectivity index (χ0) is 10.1. The molecule has 1 aliphatic rings. The number of hydrazine groups is 1. The van der Waals surface area contributed by atoms with Crippen molar-refractivity contribution >= 4 is 5.91 Å². The predicted octanol–water partition coefficient (Wildman–Crippen LogP) is -0.437. The molecule has 0 aliphatic carbocycles. The molecule has 0 aromatic rings. The van der Waals surface area contributed by atoms with E-state index < -0.39 is 24.5 Å². The van der Waals surface area contributed by atoms with E-state index >= 15 is 0 Å². The predicted molar refractivity (Wildman–Crippen MR) is 40.9 cm³/mol. The van der Waals surface area contributed by atoms with Crippen LogP contribution < -0.4 is 10.9 Å². The van der Waals surface area contributed by atoms with Gasteiger partial charge in [-0.1, -0.05) is 0 Å². The van der Waals surface area contributed by atoms with E-state index in [1.807, 2.05) is 5.43 Å². The second-order valence-electron chi connectivity index (χ2n) is 2.88. The highest BCUT2D eigenvalue weighted by Crippen LogP contribution is 2.20. The molecule has 1 heterocycles. The maximum absolute atomic E-state index is 12.7. The lowest BCUT2D eigenvalue weighted by Gasteiger charge is -2.26. The van der Waals surface area contributed by atoms with Crippen molar-refractivity contribution in [3.63, 3.8) is 0 Å². The van der Waals surface area contributed by atoms with Crippen LogP contribution in [0.5, 0.6) is 0 Å². The molecule has 6 heteroatoms. The van der Waals surface area contributed by atoms with Crippen LogP contribution >= 0.6 is 0 Å². The summed E-state index contributed by atoms with van der Waals surface area (Å²) in [6.45, 7) is 0.188. The average molecular weight is 192 g/mol. The van der Waals surface area contributed by atoms with E-state index in [-0.39, 0.29) is 5.57 Å². The van der Waals surface area contributed by atoms with E-state index in [1.165, 1.54) is 0 Å². The third-order valence-electron chi connectivity index (χ3n) is 1.72. The minimum Gasteiger partial charge on any atom is -0.391 e. The number of amides is 1. The largest absolute Gasteiger partial charge is 0.391 e. The molecule has 0 aromatic carbocycles. The fourth-order valence-corrected chi connectivity index (χ4v) is 0.940. The van der Waals surface area contributed by atoms with Gasteiger partial charge >= 0.3 is 0 Å². The van der Waals surface area contributed by atoms with Gasteiger partial charge in [-0.15, -0.1) is 0 Å². The molecule has 1 rings (SSSR count). The first kappa shape index (κ1) is 10.1. The monoisotopic (exact) mass is 192 g/mol. The molecule has 0 bridgehead atoms. The third-order valence-corrected chi connectivity index (χ3v) is 1.72. The minimum atomic E-state index is -2.98. The molecule has 0 radical (unpaired) electrons. The van der Waals surface area contributed by atoms with Crippen LogP contribution in [0.4, 0.5) is 8.78 Å². The first-order chi connectivity index (χ1) is 5.95. The molecule has 1 amide bonds. The molecule has 1 unspecified atom stereocenters. The Morgan fingerprint density at radius 3 is 2.77 bits per heavy atom. The fourth-order valence-electron chi connectivity index (χ4n) is 0.940. The van der Waals surface area contributed by atoms with E-state index in [4.69, 9.17) is 5.11 Å². The average Bonchev–Trinajstić information content (AvgIpc) is 2.03. The molecular formula is C7H10F2N2O2. The van der Waals surface area contributed by atoms with Crippen LogP contribution in [-0.2, 0) is 4.79 Å². The molecule has 0 spiro atoms. The molecule has 1 atom stereocenters. The number of aliphatic hydroxyl groups excluding tert-OH is 1. The maximum atomic E-state index is 12.7. The van der Waals surface area contributed by atoms with E-state index in [0.717, 1.165) is 13.0 Å². The Morgan fingerprint density at radius 1 is 1.69 bits per heavy atom. The highest BCUT2D eigenvalue weighted by atomic mass is 19.3. The van der Waals surface area contributed by atoms with Crippen molar-refractivity contribution in [3.8, 4) is 0 Å². The Hall–Kier alpha value is -1.01. The summed E-state index contributed by atoms with van der Waals surface area (Å²) in [4.78, 5) is 10.9. The first-order valence-corrected chi connectivity index (χ1v) is 3.70. The van der Waals surface area contributed by atoms with Gasteiger partial charge in [-0.3, -0.25) is 10.2 Å². The Labute approximate surface area is 73.6 Å². The Morgan fingerprint density at radius 2 is 2.31 bits per heavy atom. The first-order valence-electron chi connectivity index (χ1n) is 3.70. The van der Waals surface area contributed by atoms with Crippen molar-refractivity contribution in [2.75, 3.05) is 6.61 Å². The van der Waals surface area contributed by atoms with Crippen LogP contribution in [-0.4, -0.2) is 29.6 Å². The minimum absolute atomic E-state index is 0.0507. The zero-order valence-corrected chi connectivity index (χ0v) is 6.97. The number of hydrogen-bond acceptors (Lipinski definition) is 3. The summed E-state index contributed by atoms with van der Waals surface area (Å²) in [6, 6.07) is -1.27. The summed E-state index contributed by atoms with van der Waals surface area (Å²) >= 11 is 0. The summed E-state index contributed by atoms with van der Waals surface area (Å²) < 4.78 is 25.4. The Kier molecular flexibility index (Phi) is 2.63. The van der Waals surface area contributed by atoms with Gasteiger partial charge in [-0.2, -0.15) is 0 Å². The van der Waals surface area contributed by atoms with Gasteiger partial charge < -0.3 is 5.11 Å². The lowest BCUT2D eigenvalue weighted by atomic mass is 10.1. The molecule has 1 aliphatic heterocycles. The summed E-state index contributed by atoms with van der Waals surface area (Å²) in [5.41, 5.74) is 4.13. The van der Waals surface area contributed by atoms with Gasteiger partial charge in [0, 0.05) is 12.5 Å². The summed E-state index contributed by atoms with van der Waals surface area (Å²) in [5, 5.41) is 8.64. The van der Waals surface area contributed by atoms with E-state index in [1.54, 1.807) is 0 Å². The van der Waals surface area contributed by atoms with Crippen molar-refractivity contribution in [2.45, 2.75) is 18.9 Å². The van der Waals surface area contributed by atoms with Gasteiger partial charge in [0.2, 0.25) is 0 Å².